The molecule has 100 valence electrons. The highest BCUT2D eigenvalue weighted by Crippen LogP contribution is 2.46. The predicted octanol–water partition coefficient (Wildman–Crippen LogP) is 3.86. The lowest BCUT2D eigenvalue weighted by Gasteiger charge is -2.24. The number of halogens is 2. The van der Waals surface area contributed by atoms with Crippen molar-refractivity contribution in [3.63, 3.8) is 0 Å². The molecule has 0 spiro atoms. The Morgan fingerprint density at radius 3 is 2.39 bits per heavy atom. The zero-order valence-electron chi connectivity index (χ0n) is 10.2. The topological polar surface area (TPSA) is 30.5 Å². The molecule has 1 atom stereocenters. The Morgan fingerprint density at radius 1 is 1.33 bits per heavy atom. The number of benzene rings is 1. The highest BCUT2D eigenvalue weighted by molar-refractivity contribution is 8.09. The molecule has 0 aliphatic carbocycles. The summed E-state index contributed by atoms with van der Waals surface area (Å²) in [6, 6.07) is 5.12. The third-order valence-electron chi connectivity index (χ3n) is 1.77. The smallest absolute Gasteiger partial charge is 0.312 e. The molecule has 0 saturated heterocycles. The van der Waals surface area contributed by atoms with Crippen LogP contribution in [0.25, 0.3) is 0 Å². The Hall–Kier alpha value is 0.387. The van der Waals surface area contributed by atoms with Crippen LogP contribution in [-0.4, -0.2) is 24.1 Å². The summed E-state index contributed by atoms with van der Waals surface area (Å²) in [7, 11) is 1.51. The molecular formula is C10H14Cl2NO2PSSi. The molecule has 0 aliphatic heterocycles. The molecule has 18 heavy (non-hydrogen) atoms. The van der Waals surface area contributed by atoms with Gasteiger partial charge in [0.25, 0.3) is 0 Å². The van der Waals surface area contributed by atoms with Crippen LogP contribution in [0, 0.1) is 0 Å². The molecule has 1 unspecified atom stereocenters. The number of hydrogen-bond acceptors (Lipinski definition) is 3. The van der Waals surface area contributed by atoms with Crippen molar-refractivity contribution in [1.29, 1.82) is 0 Å². The normalized spacial score (nSPS) is 13.9. The van der Waals surface area contributed by atoms with Crippen molar-refractivity contribution >= 4 is 52.6 Å². The van der Waals surface area contributed by atoms with Crippen molar-refractivity contribution in [1.82, 2.24) is 5.09 Å². The first-order valence-electron chi connectivity index (χ1n) is 4.94. The lowest BCUT2D eigenvalue weighted by Crippen LogP contribution is -2.22. The summed E-state index contributed by atoms with van der Waals surface area (Å²) in [6.07, 6.45) is 0. The fourth-order valence-electron chi connectivity index (χ4n) is 1.11. The first-order valence-corrected chi connectivity index (χ1v) is 8.34. The number of hydrogen-bond donors (Lipinski definition) is 1. The molecule has 0 aliphatic rings. The summed E-state index contributed by atoms with van der Waals surface area (Å²) in [5.74, 6) is 0.467. The Labute approximate surface area is 127 Å². The van der Waals surface area contributed by atoms with Gasteiger partial charge in [0.2, 0.25) is 0 Å². The van der Waals surface area contributed by atoms with E-state index in [9.17, 15) is 0 Å². The zero-order valence-corrected chi connectivity index (χ0v) is 14.5. The summed E-state index contributed by atoms with van der Waals surface area (Å²) >= 11 is 17.1. The fraction of sp³-hybridized carbons (Fsp3) is 0.400. The van der Waals surface area contributed by atoms with Gasteiger partial charge in [0.1, 0.15) is 5.75 Å². The maximum atomic E-state index is 6.01. The molecule has 1 aromatic carbocycles. The Balaban J connectivity index is 0.00000289. The highest BCUT2D eigenvalue weighted by atomic mass is 35.5. The van der Waals surface area contributed by atoms with Gasteiger partial charge in [-0.1, -0.05) is 23.2 Å². The number of rotatable bonds is 5. The minimum Gasteiger partial charge on any atom is -0.431 e. The molecule has 1 rings (SSSR count). The van der Waals surface area contributed by atoms with E-state index in [0.717, 1.165) is 0 Å². The van der Waals surface area contributed by atoms with Crippen molar-refractivity contribution in [3.05, 3.63) is 28.2 Å². The van der Waals surface area contributed by atoms with Gasteiger partial charge in [-0.2, -0.15) is 0 Å². The van der Waals surface area contributed by atoms with E-state index >= 15 is 0 Å². The van der Waals surface area contributed by atoms with E-state index < -0.39 is 6.64 Å². The van der Waals surface area contributed by atoms with Gasteiger partial charge in [-0.25, -0.2) is 5.09 Å². The standard InChI is InChI=1S/C10H14Cl2NO2PS.Si/c1-7(2)13-16(17,14-3)15-10-5-4-8(11)6-9(10)12;/h4-7H,1-3H3,(H,13,17);. The SMILES string of the molecule is COP(=S)(NC(C)C)Oc1ccc(Cl)cc1Cl.[Si]. The Kier molecular flexibility index (Phi) is 8.02. The van der Waals surface area contributed by atoms with Crippen molar-refractivity contribution in [3.8, 4) is 5.75 Å². The molecule has 0 bridgehead atoms. The van der Waals surface area contributed by atoms with Gasteiger partial charge >= 0.3 is 6.64 Å². The van der Waals surface area contributed by atoms with Crippen molar-refractivity contribution in [2.75, 3.05) is 7.11 Å². The maximum Gasteiger partial charge on any atom is 0.312 e. The van der Waals surface area contributed by atoms with Crippen LogP contribution in [0.4, 0.5) is 0 Å². The van der Waals surface area contributed by atoms with Crippen LogP contribution >= 0.6 is 29.8 Å². The molecule has 8 heteroatoms. The second-order valence-corrected chi connectivity index (χ2v) is 7.72. The van der Waals surface area contributed by atoms with E-state index in [1.165, 1.54) is 7.11 Å². The van der Waals surface area contributed by atoms with E-state index in [0.29, 0.717) is 15.8 Å². The lowest BCUT2D eigenvalue weighted by atomic mass is 10.3. The van der Waals surface area contributed by atoms with Gasteiger partial charge in [-0.15, -0.1) is 0 Å². The number of nitrogens with one attached hydrogen (secondary N) is 1. The molecule has 1 N–H and O–H groups in total. The van der Waals surface area contributed by atoms with Gasteiger partial charge in [0, 0.05) is 29.1 Å². The van der Waals surface area contributed by atoms with Gasteiger partial charge in [-0.3, -0.25) is 0 Å². The molecule has 0 fully saturated rings. The van der Waals surface area contributed by atoms with E-state index in [-0.39, 0.29) is 17.0 Å². The van der Waals surface area contributed by atoms with E-state index in [1.54, 1.807) is 18.2 Å². The molecule has 4 radical (unpaired) electrons. The molecule has 0 aromatic heterocycles. The zero-order chi connectivity index (χ0) is 13.1. The molecule has 3 nitrogen and oxygen atoms in total. The van der Waals surface area contributed by atoms with E-state index in [1.807, 2.05) is 13.8 Å². The average Bonchev–Trinajstić information content (AvgIpc) is 2.21. The van der Waals surface area contributed by atoms with Gasteiger partial charge in [0.15, 0.2) is 0 Å². The molecule has 0 amide bonds. The summed E-state index contributed by atoms with van der Waals surface area (Å²) < 4.78 is 10.9. The van der Waals surface area contributed by atoms with Crippen LogP contribution in [0.1, 0.15) is 13.8 Å². The molecule has 1 aromatic rings. The van der Waals surface area contributed by atoms with Crippen LogP contribution in [0.2, 0.25) is 10.0 Å². The predicted molar refractivity (Wildman–Crippen MR) is 82.4 cm³/mol. The summed E-state index contributed by atoms with van der Waals surface area (Å²) in [4.78, 5) is 0. The van der Waals surface area contributed by atoms with Crippen LogP contribution in [0.3, 0.4) is 0 Å². The van der Waals surface area contributed by atoms with Gasteiger partial charge < -0.3 is 9.05 Å². The van der Waals surface area contributed by atoms with Crippen LogP contribution in [0.15, 0.2) is 18.2 Å². The minimum absolute atomic E-state index is 0. The lowest BCUT2D eigenvalue weighted by molar-refractivity contribution is 0.375. The van der Waals surface area contributed by atoms with Crippen LogP contribution < -0.4 is 9.61 Å². The first-order chi connectivity index (χ1) is 7.86. The van der Waals surface area contributed by atoms with Gasteiger partial charge in [0.05, 0.1) is 5.02 Å². The quantitative estimate of drug-likeness (QED) is 0.650. The Bertz CT molecular complexity index is 448. The first kappa shape index (κ1) is 18.4. The Morgan fingerprint density at radius 2 is 1.94 bits per heavy atom. The second kappa shape index (κ2) is 7.85. The van der Waals surface area contributed by atoms with E-state index in [2.05, 4.69) is 5.09 Å². The third-order valence-corrected chi connectivity index (χ3v) is 5.04. The fourth-order valence-corrected chi connectivity index (χ4v) is 3.77. The maximum absolute atomic E-state index is 6.01. The second-order valence-electron chi connectivity index (χ2n) is 3.63. The largest absolute Gasteiger partial charge is 0.431 e. The average molecular weight is 342 g/mol. The molecular weight excluding hydrogens is 328 g/mol. The van der Waals surface area contributed by atoms with Crippen LogP contribution in [-0.2, 0) is 16.3 Å². The summed E-state index contributed by atoms with van der Waals surface area (Å²) in [6.45, 7) is 1.37. The highest BCUT2D eigenvalue weighted by Gasteiger charge is 2.21. The van der Waals surface area contributed by atoms with E-state index in [4.69, 9.17) is 44.1 Å². The van der Waals surface area contributed by atoms with Gasteiger partial charge in [-0.05, 0) is 43.9 Å². The summed E-state index contributed by atoms with van der Waals surface area (Å²) in [5.41, 5.74) is 0. The van der Waals surface area contributed by atoms with Crippen molar-refractivity contribution in [2.24, 2.45) is 0 Å². The summed E-state index contributed by atoms with van der Waals surface area (Å²) in [5, 5.41) is 4.04. The molecule has 0 saturated carbocycles. The minimum atomic E-state index is -2.56. The molecule has 0 heterocycles. The third kappa shape index (κ3) is 5.57. The van der Waals surface area contributed by atoms with Crippen molar-refractivity contribution < 1.29 is 9.05 Å². The monoisotopic (exact) mass is 341 g/mol. The van der Waals surface area contributed by atoms with Crippen molar-refractivity contribution in [2.45, 2.75) is 19.9 Å². The van der Waals surface area contributed by atoms with Crippen LogP contribution in [0.5, 0.6) is 5.75 Å².